The zero-order valence-electron chi connectivity index (χ0n) is 13.1. The van der Waals surface area contributed by atoms with Crippen LogP contribution in [0, 0.1) is 0 Å². The maximum atomic E-state index is 12.7. The Morgan fingerprint density at radius 1 is 1.00 bits per heavy atom. The average molecular weight is 376 g/mol. The number of halogens is 1. The highest BCUT2D eigenvalue weighted by Crippen LogP contribution is 2.14. The smallest absolute Gasteiger partial charge is 0.328 e. The van der Waals surface area contributed by atoms with Crippen LogP contribution in [0.4, 0.5) is 0 Å². The molecule has 25 heavy (non-hydrogen) atoms. The number of furan rings is 1. The van der Waals surface area contributed by atoms with Gasteiger partial charge in [-0.3, -0.25) is 4.99 Å². The molecule has 3 aromatic rings. The van der Waals surface area contributed by atoms with Crippen molar-refractivity contribution in [2.45, 2.75) is 11.4 Å². The van der Waals surface area contributed by atoms with Crippen molar-refractivity contribution in [2.75, 3.05) is 0 Å². The summed E-state index contributed by atoms with van der Waals surface area (Å²) in [5.74, 6) is 1.06. The van der Waals surface area contributed by atoms with Crippen molar-refractivity contribution >= 4 is 27.5 Å². The number of hydrogen-bond donors (Lipinski definition) is 2. The van der Waals surface area contributed by atoms with Gasteiger partial charge in [0.05, 0.1) is 11.8 Å². The maximum absolute atomic E-state index is 12.7. The first-order chi connectivity index (χ1) is 12.0. The summed E-state index contributed by atoms with van der Waals surface area (Å²) in [6, 6.07) is 18.7. The molecule has 1 heterocycles. The Bertz CT molecular complexity index is 951. The molecule has 0 spiro atoms. The third kappa shape index (κ3) is 4.49. The van der Waals surface area contributed by atoms with Crippen LogP contribution in [-0.4, -0.2) is 14.3 Å². The Morgan fingerprint density at radius 2 is 1.72 bits per heavy atom. The summed E-state index contributed by atoms with van der Waals surface area (Å²) < 4.78 is 33.2. The van der Waals surface area contributed by atoms with Crippen molar-refractivity contribution < 1.29 is 17.8 Å². The molecule has 0 amide bonds. The van der Waals surface area contributed by atoms with Crippen LogP contribution < -0.4 is 9.71 Å². The average Bonchev–Trinajstić information content (AvgIpc) is 3.13. The Hall–Kier alpha value is -2.57. The largest absolute Gasteiger partial charge is 0.465 e. The molecular weight excluding hydrogens is 360 g/mol. The van der Waals surface area contributed by atoms with E-state index in [2.05, 4.69) is 9.71 Å². The molecule has 0 radical (unpaired) electrons. The quantitative estimate of drug-likeness (QED) is 0.528. The van der Waals surface area contributed by atoms with Crippen molar-refractivity contribution in [3.8, 4) is 0 Å². The summed E-state index contributed by atoms with van der Waals surface area (Å²) >= 11 is 5.83. The van der Waals surface area contributed by atoms with Crippen molar-refractivity contribution in [1.82, 2.24) is 4.72 Å². The fourth-order valence-electron chi connectivity index (χ4n) is 2.20. The predicted molar refractivity (Wildman–Crippen MR) is 95.7 cm³/mol. The van der Waals surface area contributed by atoms with Crippen molar-refractivity contribution in [3.63, 3.8) is 0 Å². The molecule has 0 aliphatic rings. The molecule has 2 aromatic carbocycles. The lowest BCUT2D eigenvalue weighted by Gasteiger charge is -2.05. The summed E-state index contributed by atoms with van der Waals surface area (Å²) in [6.07, 6.45) is 1.57. The number of sulfonamides is 1. The summed E-state index contributed by atoms with van der Waals surface area (Å²) in [5.41, 5.74) is 0.714. The van der Waals surface area contributed by atoms with Crippen LogP contribution in [0.3, 0.4) is 0 Å². The number of hydrogen-bond acceptors (Lipinski definition) is 3. The Morgan fingerprint density at radius 3 is 2.36 bits per heavy atom. The van der Waals surface area contributed by atoms with E-state index in [1.807, 2.05) is 36.4 Å². The molecule has 1 aromatic heterocycles. The lowest BCUT2D eigenvalue weighted by Crippen LogP contribution is -2.75. The first-order valence-corrected chi connectivity index (χ1v) is 9.38. The van der Waals surface area contributed by atoms with Gasteiger partial charge in [-0.1, -0.05) is 29.8 Å². The molecule has 0 saturated carbocycles. The molecule has 0 aliphatic carbocycles. The van der Waals surface area contributed by atoms with E-state index in [1.54, 1.807) is 12.3 Å². The van der Waals surface area contributed by atoms with Crippen LogP contribution in [0.25, 0.3) is 0 Å². The zero-order chi connectivity index (χ0) is 17.7. The lowest BCUT2D eigenvalue weighted by atomic mass is 10.2. The first kappa shape index (κ1) is 17.3. The highest BCUT2D eigenvalue weighted by Gasteiger charge is 2.23. The third-order valence-corrected chi connectivity index (χ3v) is 5.06. The van der Waals surface area contributed by atoms with Gasteiger partial charge >= 0.3 is 10.0 Å². The van der Waals surface area contributed by atoms with Gasteiger partial charge in [-0.2, -0.15) is 13.1 Å². The van der Waals surface area contributed by atoms with Gasteiger partial charge in [0, 0.05) is 5.02 Å². The van der Waals surface area contributed by atoms with Gasteiger partial charge in [-0.05, 0) is 48.5 Å². The van der Waals surface area contributed by atoms with Gasteiger partial charge in [-0.15, -0.1) is 0 Å². The minimum Gasteiger partial charge on any atom is -0.465 e. The lowest BCUT2D eigenvalue weighted by molar-refractivity contribution is -0.479. The van der Waals surface area contributed by atoms with E-state index in [1.165, 1.54) is 24.3 Å². The van der Waals surface area contributed by atoms with Crippen LogP contribution in [-0.2, 0) is 16.6 Å². The van der Waals surface area contributed by atoms with Crippen LogP contribution in [0.15, 0.2) is 82.3 Å². The second-order valence-corrected chi connectivity index (χ2v) is 7.35. The minimum absolute atomic E-state index is 0.130. The van der Waals surface area contributed by atoms with Gasteiger partial charge in [-0.25, -0.2) is 0 Å². The van der Waals surface area contributed by atoms with Crippen LogP contribution in [0.5, 0.6) is 0 Å². The van der Waals surface area contributed by atoms with E-state index in [-0.39, 0.29) is 4.90 Å². The van der Waals surface area contributed by atoms with Crippen molar-refractivity contribution in [1.29, 1.82) is 0 Å². The SMILES string of the molecule is O=S(=O)(NC(=[NH+]Cc1ccco1)c1ccccc1)c1ccc(Cl)cc1. The van der Waals surface area contributed by atoms with Gasteiger partial charge in [0.2, 0.25) is 0 Å². The molecule has 2 N–H and O–H groups in total. The normalized spacial score (nSPS) is 12.1. The molecule has 5 nitrogen and oxygen atoms in total. The third-order valence-electron chi connectivity index (χ3n) is 3.44. The van der Waals surface area contributed by atoms with Gasteiger partial charge < -0.3 is 4.42 Å². The fourth-order valence-corrected chi connectivity index (χ4v) is 3.39. The van der Waals surface area contributed by atoms with Gasteiger partial charge in [0.15, 0.2) is 0 Å². The van der Waals surface area contributed by atoms with E-state index in [0.717, 1.165) is 0 Å². The Balaban J connectivity index is 1.91. The topological polar surface area (TPSA) is 73.3 Å². The molecule has 7 heteroatoms. The monoisotopic (exact) mass is 375 g/mol. The van der Waals surface area contributed by atoms with Crippen molar-refractivity contribution in [3.05, 3.63) is 89.3 Å². The molecule has 0 aliphatic heterocycles. The molecular formula is C18H16ClN2O3S+. The van der Waals surface area contributed by atoms with E-state index < -0.39 is 10.0 Å². The van der Waals surface area contributed by atoms with Crippen molar-refractivity contribution in [2.24, 2.45) is 0 Å². The highest BCUT2D eigenvalue weighted by molar-refractivity contribution is 7.90. The second kappa shape index (κ2) is 7.55. The molecule has 0 saturated heterocycles. The summed E-state index contributed by atoms with van der Waals surface area (Å²) in [4.78, 5) is 3.21. The minimum atomic E-state index is -3.75. The second-order valence-electron chi connectivity index (χ2n) is 5.23. The molecule has 128 valence electrons. The molecule has 0 fully saturated rings. The number of rotatable bonds is 5. The first-order valence-electron chi connectivity index (χ1n) is 7.51. The van der Waals surface area contributed by atoms with Crippen LogP contribution >= 0.6 is 11.6 Å². The zero-order valence-corrected chi connectivity index (χ0v) is 14.7. The van der Waals surface area contributed by atoms with Gasteiger partial charge in [0.25, 0.3) is 5.84 Å². The standard InChI is InChI=1S/C18H15ClN2O3S/c19-15-8-10-17(11-9-15)25(22,23)21-18(14-5-2-1-3-6-14)20-13-16-7-4-12-24-16/h1-12H,13H2,(H,20,21)/p+1. The fraction of sp³-hybridized carbons (Fsp3) is 0.0556. The molecule has 3 rings (SSSR count). The molecule has 0 bridgehead atoms. The van der Waals surface area contributed by atoms with E-state index in [9.17, 15) is 8.42 Å². The highest BCUT2D eigenvalue weighted by atomic mass is 35.5. The summed E-state index contributed by atoms with van der Waals surface area (Å²) in [5, 5.41) is 0.474. The van der Waals surface area contributed by atoms with E-state index in [0.29, 0.717) is 28.7 Å². The number of benzene rings is 2. The summed E-state index contributed by atoms with van der Waals surface area (Å²) in [7, 11) is -3.75. The van der Waals surface area contributed by atoms with Crippen LogP contribution in [0.1, 0.15) is 11.3 Å². The maximum Gasteiger partial charge on any atom is 0.328 e. The van der Waals surface area contributed by atoms with E-state index in [4.69, 9.17) is 16.0 Å². The van der Waals surface area contributed by atoms with Crippen LogP contribution in [0.2, 0.25) is 5.02 Å². The van der Waals surface area contributed by atoms with E-state index >= 15 is 0 Å². The molecule has 0 unspecified atom stereocenters. The Labute approximate surface area is 151 Å². The van der Waals surface area contributed by atoms with Gasteiger partial charge in [0.1, 0.15) is 17.2 Å². The molecule has 0 atom stereocenters. The number of nitrogens with one attached hydrogen (secondary N) is 2. The Kier molecular flexibility index (Phi) is 5.21. The predicted octanol–water partition coefficient (Wildman–Crippen LogP) is 1.94. The number of amidine groups is 1. The summed E-state index contributed by atoms with van der Waals surface area (Å²) in [6.45, 7) is 0.348.